The Balaban J connectivity index is 1.86. The van der Waals surface area contributed by atoms with E-state index >= 15 is 0 Å². The highest BCUT2D eigenvalue weighted by molar-refractivity contribution is 8.00. The molecule has 2 aromatic carbocycles. The Kier molecular flexibility index (Phi) is 5.12. The highest BCUT2D eigenvalue weighted by Gasteiger charge is 2.26. The first-order chi connectivity index (χ1) is 13.2. The third kappa shape index (κ3) is 3.56. The molecule has 0 saturated heterocycles. The Morgan fingerprint density at radius 1 is 1.07 bits per heavy atom. The van der Waals surface area contributed by atoms with Crippen LogP contribution < -0.4 is 5.56 Å². The van der Waals surface area contributed by atoms with Gasteiger partial charge < -0.3 is 0 Å². The van der Waals surface area contributed by atoms with Crippen molar-refractivity contribution >= 4 is 28.4 Å². The van der Waals surface area contributed by atoms with Crippen LogP contribution >= 0.6 is 11.8 Å². The maximum absolute atomic E-state index is 13.3. The standard InChI is InChI=1S/C22H22N2O2S/c1-2-15-11-13-16(14-12-15)24-21(26)17-7-3-4-8-18(17)23-22(24)27-20-10-6-5-9-19(20)25/h3-4,7-8,11-14,20H,2,5-6,9-10H2,1H3/t20-/m0/s1. The van der Waals surface area contributed by atoms with Crippen LogP contribution in [0.5, 0.6) is 0 Å². The molecule has 1 aliphatic carbocycles. The lowest BCUT2D eigenvalue weighted by molar-refractivity contribution is -0.119. The number of Topliss-reactive ketones (excluding diaryl/α,β-unsaturated/α-hetero) is 1. The molecule has 4 nitrogen and oxygen atoms in total. The maximum Gasteiger partial charge on any atom is 0.266 e. The Labute approximate surface area is 162 Å². The van der Waals surface area contributed by atoms with E-state index in [1.165, 1.54) is 17.3 Å². The molecule has 0 radical (unpaired) electrons. The van der Waals surface area contributed by atoms with Gasteiger partial charge in [-0.25, -0.2) is 4.98 Å². The molecular formula is C22H22N2O2S. The zero-order valence-electron chi connectivity index (χ0n) is 15.4. The molecule has 3 aromatic rings. The predicted molar refractivity (Wildman–Crippen MR) is 110 cm³/mol. The van der Waals surface area contributed by atoms with Crippen molar-refractivity contribution in [3.63, 3.8) is 0 Å². The van der Waals surface area contributed by atoms with E-state index in [1.807, 2.05) is 48.5 Å². The molecule has 0 unspecified atom stereocenters. The first-order valence-electron chi connectivity index (χ1n) is 9.48. The fourth-order valence-electron chi connectivity index (χ4n) is 3.50. The minimum absolute atomic E-state index is 0.0874. The number of hydrogen-bond donors (Lipinski definition) is 0. The van der Waals surface area contributed by atoms with Crippen LogP contribution in [0.3, 0.4) is 0 Å². The van der Waals surface area contributed by atoms with E-state index in [9.17, 15) is 9.59 Å². The molecule has 4 rings (SSSR count). The SMILES string of the molecule is CCc1ccc(-n2c(S[C@H]3CCCCC3=O)nc3ccccc3c2=O)cc1. The van der Waals surface area contributed by atoms with Gasteiger partial charge in [0.25, 0.3) is 5.56 Å². The topological polar surface area (TPSA) is 52.0 Å². The molecule has 0 aliphatic heterocycles. The number of fused-ring (bicyclic) bond motifs is 1. The summed E-state index contributed by atoms with van der Waals surface area (Å²) in [6.07, 6.45) is 4.43. The fraction of sp³-hybridized carbons (Fsp3) is 0.318. The molecule has 1 heterocycles. The first kappa shape index (κ1) is 18.0. The number of carbonyl (C=O) groups is 1. The van der Waals surface area contributed by atoms with Crippen molar-refractivity contribution in [1.82, 2.24) is 9.55 Å². The number of rotatable bonds is 4. The van der Waals surface area contributed by atoms with Gasteiger partial charge in [0.05, 0.1) is 21.8 Å². The van der Waals surface area contributed by atoms with Gasteiger partial charge in [0.2, 0.25) is 0 Å². The number of aromatic nitrogens is 2. The molecule has 5 heteroatoms. The highest BCUT2D eigenvalue weighted by Crippen LogP contribution is 2.32. The van der Waals surface area contributed by atoms with Crippen LogP contribution in [0.25, 0.3) is 16.6 Å². The maximum atomic E-state index is 13.3. The average molecular weight is 378 g/mol. The summed E-state index contributed by atoms with van der Waals surface area (Å²) in [5.74, 6) is 0.265. The van der Waals surface area contributed by atoms with Gasteiger partial charge in [-0.15, -0.1) is 0 Å². The normalized spacial score (nSPS) is 17.4. The molecule has 0 N–H and O–H groups in total. The Morgan fingerprint density at radius 3 is 2.59 bits per heavy atom. The molecular weight excluding hydrogens is 356 g/mol. The van der Waals surface area contributed by atoms with Crippen LogP contribution in [0.4, 0.5) is 0 Å². The average Bonchev–Trinajstić information content (AvgIpc) is 2.70. The van der Waals surface area contributed by atoms with Gasteiger partial charge in [-0.05, 0) is 49.1 Å². The second-order valence-electron chi connectivity index (χ2n) is 6.89. The molecule has 0 bridgehead atoms. The second kappa shape index (κ2) is 7.69. The summed E-state index contributed by atoms with van der Waals surface area (Å²) >= 11 is 1.44. The van der Waals surface area contributed by atoms with Gasteiger partial charge in [-0.3, -0.25) is 14.2 Å². The smallest absolute Gasteiger partial charge is 0.266 e. The number of hydrogen-bond acceptors (Lipinski definition) is 4. The summed E-state index contributed by atoms with van der Waals surface area (Å²) in [5, 5.41) is 1.08. The van der Waals surface area contributed by atoms with Crippen LogP contribution in [0.2, 0.25) is 0 Å². The summed E-state index contributed by atoms with van der Waals surface area (Å²) in [6, 6.07) is 15.4. The largest absolute Gasteiger partial charge is 0.298 e. The third-order valence-electron chi connectivity index (χ3n) is 5.09. The molecule has 1 atom stereocenters. The minimum Gasteiger partial charge on any atom is -0.298 e. The first-order valence-corrected chi connectivity index (χ1v) is 10.4. The van der Waals surface area contributed by atoms with Crippen LogP contribution in [0.1, 0.15) is 38.2 Å². The molecule has 27 heavy (non-hydrogen) atoms. The summed E-state index contributed by atoms with van der Waals surface area (Å²) < 4.78 is 1.66. The van der Waals surface area contributed by atoms with Crippen LogP contribution in [-0.4, -0.2) is 20.6 Å². The van der Waals surface area contributed by atoms with Crippen molar-refractivity contribution < 1.29 is 4.79 Å². The van der Waals surface area contributed by atoms with Crippen molar-refractivity contribution in [2.45, 2.75) is 49.4 Å². The molecule has 1 aromatic heterocycles. The van der Waals surface area contributed by atoms with E-state index in [0.29, 0.717) is 22.5 Å². The van der Waals surface area contributed by atoms with E-state index in [-0.39, 0.29) is 16.6 Å². The zero-order valence-corrected chi connectivity index (χ0v) is 16.2. The van der Waals surface area contributed by atoms with E-state index in [4.69, 9.17) is 4.98 Å². The van der Waals surface area contributed by atoms with Crippen molar-refractivity contribution in [2.24, 2.45) is 0 Å². The van der Waals surface area contributed by atoms with Gasteiger partial charge in [0, 0.05) is 6.42 Å². The highest BCUT2D eigenvalue weighted by atomic mass is 32.2. The van der Waals surface area contributed by atoms with E-state index in [0.717, 1.165) is 31.4 Å². The summed E-state index contributed by atoms with van der Waals surface area (Å²) in [5.41, 5.74) is 2.60. The molecule has 1 aliphatic rings. The van der Waals surface area contributed by atoms with Crippen molar-refractivity contribution in [1.29, 1.82) is 0 Å². The van der Waals surface area contributed by atoms with Crippen LogP contribution in [-0.2, 0) is 11.2 Å². The van der Waals surface area contributed by atoms with E-state index in [2.05, 4.69) is 6.92 Å². The monoisotopic (exact) mass is 378 g/mol. The predicted octanol–water partition coefficient (Wildman–Crippen LogP) is 4.55. The number of benzene rings is 2. The lowest BCUT2D eigenvalue weighted by atomic mass is 9.99. The Morgan fingerprint density at radius 2 is 1.85 bits per heavy atom. The Bertz CT molecular complexity index is 1040. The number of nitrogens with zero attached hydrogens (tertiary/aromatic N) is 2. The summed E-state index contributed by atoms with van der Waals surface area (Å²) in [7, 11) is 0. The summed E-state index contributed by atoms with van der Waals surface area (Å²) in [4.78, 5) is 30.4. The van der Waals surface area contributed by atoms with Gasteiger partial charge in [0.1, 0.15) is 5.78 Å². The second-order valence-corrected chi connectivity index (χ2v) is 8.06. The van der Waals surface area contributed by atoms with Gasteiger partial charge in [-0.2, -0.15) is 0 Å². The van der Waals surface area contributed by atoms with E-state index < -0.39 is 0 Å². The lowest BCUT2D eigenvalue weighted by Crippen LogP contribution is -2.26. The number of ketones is 1. The third-order valence-corrected chi connectivity index (χ3v) is 6.36. The Hall–Kier alpha value is -2.40. The molecule has 1 saturated carbocycles. The molecule has 1 fully saturated rings. The van der Waals surface area contributed by atoms with Crippen molar-refractivity contribution in [2.75, 3.05) is 0 Å². The van der Waals surface area contributed by atoms with Gasteiger partial charge in [-0.1, -0.05) is 49.4 Å². The zero-order chi connectivity index (χ0) is 18.8. The molecule has 138 valence electrons. The molecule has 0 amide bonds. The number of para-hydroxylation sites is 1. The number of aryl methyl sites for hydroxylation is 1. The van der Waals surface area contributed by atoms with Crippen molar-refractivity contribution in [3.05, 3.63) is 64.4 Å². The van der Waals surface area contributed by atoms with Gasteiger partial charge in [0.15, 0.2) is 5.16 Å². The van der Waals surface area contributed by atoms with Crippen LogP contribution in [0.15, 0.2) is 58.5 Å². The molecule has 0 spiro atoms. The minimum atomic E-state index is -0.118. The fourth-order valence-corrected chi connectivity index (χ4v) is 4.74. The quantitative estimate of drug-likeness (QED) is 0.625. The van der Waals surface area contributed by atoms with Crippen molar-refractivity contribution in [3.8, 4) is 5.69 Å². The van der Waals surface area contributed by atoms with Crippen LogP contribution in [0, 0.1) is 0 Å². The van der Waals surface area contributed by atoms with Gasteiger partial charge >= 0.3 is 0 Å². The lowest BCUT2D eigenvalue weighted by Gasteiger charge is -2.21. The van der Waals surface area contributed by atoms with E-state index in [1.54, 1.807) is 4.57 Å². The number of carbonyl (C=O) groups excluding carboxylic acids is 1. The summed E-state index contributed by atoms with van der Waals surface area (Å²) in [6.45, 7) is 2.11. The number of thioether (sulfide) groups is 1.